The maximum atomic E-state index is 11.3. The monoisotopic (exact) mass is 283 g/mol. The Morgan fingerprint density at radius 2 is 1.72 bits per heavy atom. The molecule has 5 nitrogen and oxygen atoms in total. The second-order valence-electron chi connectivity index (χ2n) is 3.62. The highest BCUT2D eigenvalue weighted by Crippen LogP contribution is 2.21. The number of aromatic nitrogens is 2. The van der Waals surface area contributed by atoms with Crippen LogP contribution in [0.4, 0.5) is 11.5 Å². The van der Waals surface area contributed by atoms with Crippen molar-refractivity contribution in [3.63, 3.8) is 0 Å². The smallest absolute Gasteiger partial charge is 0.175 e. The fourth-order valence-corrected chi connectivity index (χ4v) is 2.11. The first-order valence-electron chi connectivity index (χ1n) is 5.00. The van der Waals surface area contributed by atoms with Gasteiger partial charge in [-0.1, -0.05) is 11.6 Å². The van der Waals surface area contributed by atoms with Crippen molar-refractivity contribution in [2.75, 3.05) is 11.6 Å². The first-order chi connectivity index (χ1) is 8.47. The number of sulfone groups is 1. The van der Waals surface area contributed by atoms with Gasteiger partial charge in [0.2, 0.25) is 0 Å². The second kappa shape index (κ2) is 4.91. The lowest BCUT2D eigenvalue weighted by molar-refractivity contribution is 0.602. The van der Waals surface area contributed by atoms with E-state index in [1.165, 1.54) is 24.5 Å². The van der Waals surface area contributed by atoms with E-state index in [4.69, 9.17) is 11.6 Å². The van der Waals surface area contributed by atoms with Crippen molar-refractivity contribution >= 4 is 32.9 Å². The molecule has 0 aliphatic rings. The topological polar surface area (TPSA) is 72.0 Å². The Kier molecular flexibility index (Phi) is 3.49. The van der Waals surface area contributed by atoms with Gasteiger partial charge in [-0.3, -0.25) is 0 Å². The number of hydrogen-bond acceptors (Lipinski definition) is 5. The number of nitrogens with one attached hydrogen (secondary N) is 1. The fourth-order valence-electron chi connectivity index (χ4n) is 1.33. The van der Waals surface area contributed by atoms with Crippen LogP contribution in [0.2, 0.25) is 5.15 Å². The minimum Gasteiger partial charge on any atom is -0.338 e. The zero-order valence-electron chi connectivity index (χ0n) is 9.46. The Hall–Kier alpha value is -1.66. The van der Waals surface area contributed by atoms with E-state index in [0.717, 1.165) is 6.26 Å². The van der Waals surface area contributed by atoms with Gasteiger partial charge in [-0.05, 0) is 24.3 Å². The highest BCUT2D eigenvalue weighted by molar-refractivity contribution is 7.90. The maximum Gasteiger partial charge on any atom is 0.175 e. The van der Waals surface area contributed by atoms with Gasteiger partial charge in [-0.2, -0.15) is 0 Å². The van der Waals surface area contributed by atoms with Gasteiger partial charge < -0.3 is 5.32 Å². The van der Waals surface area contributed by atoms with Gasteiger partial charge in [-0.25, -0.2) is 18.4 Å². The third-order valence-corrected chi connectivity index (χ3v) is 3.60. The van der Waals surface area contributed by atoms with E-state index in [0.29, 0.717) is 11.5 Å². The fraction of sp³-hybridized carbons (Fsp3) is 0.0909. The zero-order chi connectivity index (χ0) is 13.2. The Morgan fingerprint density at radius 3 is 2.28 bits per heavy atom. The van der Waals surface area contributed by atoms with Crippen LogP contribution in [-0.2, 0) is 9.84 Å². The Labute approximate surface area is 110 Å². The molecule has 1 aromatic carbocycles. The number of hydrogen-bond donors (Lipinski definition) is 1. The van der Waals surface area contributed by atoms with Crippen LogP contribution >= 0.6 is 11.6 Å². The van der Waals surface area contributed by atoms with Gasteiger partial charge in [0.1, 0.15) is 0 Å². The van der Waals surface area contributed by atoms with Crippen LogP contribution in [0.3, 0.4) is 0 Å². The first-order valence-corrected chi connectivity index (χ1v) is 7.27. The van der Waals surface area contributed by atoms with Crippen LogP contribution in [0.25, 0.3) is 0 Å². The third-order valence-electron chi connectivity index (χ3n) is 2.20. The molecule has 0 saturated carbocycles. The van der Waals surface area contributed by atoms with Crippen molar-refractivity contribution in [1.82, 2.24) is 9.97 Å². The van der Waals surface area contributed by atoms with Crippen LogP contribution in [0.15, 0.2) is 41.6 Å². The van der Waals surface area contributed by atoms with Crippen molar-refractivity contribution in [2.24, 2.45) is 0 Å². The maximum absolute atomic E-state index is 11.3. The molecular weight excluding hydrogens is 274 g/mol. The van der Waals surface area contributed by atoms with E-state index in [9.17, 15) is 8.42 Å². The predicted molar refractivity (Wildman–Crippen MR) is 69.9 cm³/mol. The SMILES string of the molecule is CS(=O)(=O)c1ccc(Nc2nccnc2Cl)cc1. The molecule has 94 valence electrons. The lowest BCUT2D eigenvalue weighted by atomic mass is 10.3. The van der Waals surface area contributed by atoms with Crippen LogP contribution in [0.1, 0.15) is 0 Å². The average molecular weight is 284 g/mol. The summed E-state index contributed by atoms with van der Waals surface area (Å²) in [6, 6.07) is 6.31. The molecule has 18 heavy (non-hydrogen) atoms. The van der Waals surface area contributed by atoms with Crippen LogP contribution in [-0.4, -0.2) is 24.6 Å². The second-order valence-corrected chi connectivity index (χ2v) is 5.99. The molecule has 0 aliphatic carbocycles. The lowest BCUT2D eigenvalue weighted by Crippen LogP contribution is -1.98. The van der Waals surface area contributed by atoms with E-state index in [-0.39, 0.29) is 10.0 Å². The molecule has 0 saturated heterocycles. The molecule has 0 amide bonds. The molecular formula is C11H10ClN3O2S. The zero-order valence-corrected chi connectivity index (χ0v) is 11.0. The van der Waals surface area contributed by atoms with E-state index >= 15 is 0 Å². The molecule has 2 rings (SSSR count). The largest absolute Gasteiger partial charge is 0.338 e. The number of rotatable bonds is 3. The van der Waals surface area contributed by atoms with E-state index in [2.05, 4.69) is 15.3 Å². The van der Waals surface area contributed by atoms with Crippen molar-refractivity contribution < 1.29 is 8.42 Å². The molecule has 0 radical (unpaired) electrons. The summed E-state index contributed by atoms with van der Waals surface area (Å²) in [5, 5.41) is 3.20. The van der Waals surface area contributed by atoms with Crippen molar-refractivity contribution in [3.05, 3.63) is 41.8 Å². The first kappa shape index (κ1) is 12.8. The van der Waals surface area contributed by atoms with Gasteiger partial charge in [-0.15, -0.1) is 0 Å². The molecule has 0 atom stereocenters. The molecule has 7 heteroatoms. The number of nitrogens with zero attached hydrogens (tertiary/aromatic N) is 2. The van der Waals surface area contributed by atoms with Gasteiger partial charge >= 0.3 is 0 Å². The average Bonchev–Trinajstić information content (AvgIpc) is 2.32. The van der Waals surface area contributed by atoms with Gasteiger partial charge in [0.05, 0.1) is 4.90 Å². The van der Waals surface area contributed by atoms with Crippen LogP contribution < -0.4 is 5.32 Å². The third kappa shape index (κ3) is 2.96. The standard InChI is InChI=1S/C11H10ClN3O2S/c1-18(16,17)9-4-2-8(3-5-9)15-11-10(12)13-6-7-14-11/h2-7H,1H3,(H,14,15). The molecule has 1 aromatic heterocycles. The molecule has 1 N–H and O–H groups in total. The van der Waals surface area contributed by atoms with E-state index < -0.39 is 9.84 Å². The van der Waals surface area contributed by atoms with E-state index in [1.54, 1.807) is 12.1 Å². The van der Waals surface area contributed by atoms with E-state index in [1.807, 2.05) is 0 Å². The molecule has 1 heterocycles. The lowest BCUT2D eigenvalue weighted by Gasteiger charge is -2.06. The summed E-state index contributed by atoms with van der Waals surface area (Å²) in [5.74, 6) is 0.422. The summed E-state index contributed by atoms with van der Waals surface area (Å²) >= 11 is 5.85. The van der Waals surface area contributed by atoms with Crippen molar-refractivity contribution in [1.29, 1.82) is 0 Å². The Bertz CT molecular complexity index is 656. The predicted octanol–water partition coefficient (Wildman–Crippen LogP) is 2.28. The molecule has 0 aliphatic heterocycles. The molecule has 0 unspecified atom stereocenters. The highest BCUT2D eigenvalue weighted by Gasteiger charge is 2.07. The van der Waals surface area contributed by atoms with Crippen LogP contribution in [0, 0.1) is 0 Å². The summed E-state index contributed by atoms with van der Waals surface area (Å²) in [5.41, 5.74) is 0.685. The molecule has 2 aromatic rings. The molecule has 0 fully saturated rings. The summed E-state index contributed by atoms with van der Waals surface area (Å²) < 4.78 is 22.6. The normalized spacial score (nSPS) is 11.2. The summed E-state index contributed by atoms with van der Waals surface area (Å²) in [6.45, 7) is 0. The quantitative estimate of drug-likeness (QED) is 0.935. The number of halogens is 1. The van der Waals surface area contributed by atoms with Crippen molar-refractivity contribution in [3.8, 4) is 0 Å². The van der Waals surface area contributed by atoms with Gasteiger partial charge in [0.25, 0.3) is 0 Å². The highest BCUT2D eigenvalue weighted by atomic mass is 35.5. The Morgan fingerprint density at radius 1 is 1.11 bits per heavy atom. The van der Waals surface area contributed by atoms with Gasteiger partial charge in [0, 0.05) is 24.3 Å². The molecule has 0 bridgehead atoms. The minimum absolute atomic E-state index is 0.254. The number of benzene rings is 1. The Balaban J connectivity index is 2.24. The molecule has 0 spiro atoms. The summed E-state index contributed by atoms with van der Waals surface area (Å²) in [6.07, 6.45) is 4.16. The van der Waals surface area contributed by atoms with Crippen LogP contribution in [0.5, 0.6) is 0 Å². The summed E-state index contributed by atoms with van der Waals surface area (Å²) in [7, 11) is -3.18. The summed E-state index contributed by atoms with van der Waals surface area (Å²) in [4.78, 5) is 8.16. The van der Waals surface area contributed by atoms with Crippen molar-refractivity contribution in [2.45, 2.75) is 4.90 Å². The minimum atomic E-state index is -3.18. The number of anilines is 2. The van der Waals surface area contributed by atoms with Gasteiger partial charge in [0.15, 0.2) is 20.8 Å².